The van der Waals surface area contributed by atoms with Crippen molar-refractivity contribution in [2.24, 2.45) is 0 Å². The van der Waals surface area contributed by atoms with Crippen LogP contribution >= 0.6 is 0 Å². The van der Waals surface area contributed by atoms with Gasteiger partial charge in [-0.25, -0.2) is 9.37 Å². The van der Waals surface area contributed by atoms with Gasteiger partial charge in [-0.3, -0.25) is 0 Å². The van der Waals surface area contributed by atoms with Crippen molar-refractivity contribution in [2.45, 2.75) is 38.5 Å². The molecular weight excluding hydrogens is 396 g/mol. The number of aliphatic hydroxyl groups excluding tert-OH is 1. The Hall–Kier alpha value is -2.92. The van der Waals surface area contributed by atoms with Gasteiger partial charge in [-0.15, -0.1) is 13.2 Å². The van der Waals surface area contributed by atoms with Crippen molar-refractivity contribution in [2.75, 3.05) is 5.32 Å². The first-order chi connectivity index (χ1) is 13.5. The molecule has 0 aliphatic heterocycles. The fourth-order valence-electron chi connectivity index (χ4n) is 2.89. The van der Waals surface area contributed by atoms with Gasteiger partial charge >= 0.3 is 6.36 Å². The topological polar surface area (TPSA) is 91.9 Å². The molecular formula is C18H18F4N4O3. The number of alkyl halides is 3. The van der Waals surface area contributed by atoms with E-state index in [1.54, 1.807) is 12.1 Å². The van der Waals surface area contributed by atoms with Gasteiger partial charge in [-0.2, -0.15) is 9.61 Å². The number of rotatable bonds is 6. The van der Waals surface area contributed by atoms with Gasteiger partial charge in [0.2, 0.25) is 0 Å². The largest absolute Gasteiger partial charge is 0.573 e. The first kappa shape index (κ1) is 20.8. The van der Waals surface area contributed by atoms with Gasteiger partial charge in [-0.1, -0.05) is 6.07 Å². The van der Waals surface area contributed by atoms with Crippen LogP contribution in [-0.4, -0.2) is 36.8 Å². The second-order valence-corrected chi connectivity index (χ2v) is 6.90. The number of aliphatic hydroxyl groups is 2. The van der Waals surface area contributed by atoms with E-state index in [1.807, 2.05) is 0 Å². The number of hydrogen-bond donors (Lipinski definition) is 3. The molecule has 3 rings (SSSR count). The van der Waals surface area contributed by atoms with Gasteiger partial charge in [0.1, 0.15) is 23.7 Å². The van der Waals surface area contributed by atoms with E-state index in [9.17, 15) is 27.8 Å². The number of anilines is 1. The van der Waals surface area contributed by atoms with Gasteiger partial charge in [0, 0.05) is 11.6 Å². The van der Waals surface area contributed by atoms with Crippen molar-refractivity contribution in [3.05, 3.63) is 53.6 Å². The van der Waals surface area contributed by atoms with E-state index in [0.29, 0.717) is 23.1 Å². The van der Waals surface area contributed by atoms with Crippen LogP contribution in [0.2, 0.25) is 0 Å². The number of halogens is 4. The number of hydrogen-bond acceptors (Lipinski definition) is 6. The lowest BCUT2D eigenvalue weighted by Gasteiger charge is -2.32. The third kappa shape index (κ3) is 4.74. The smallest absolute Gasteiger partial charge is 0.406 e. The molecule has 0 radical (unpaired) electrons. The highest BCUT2D eigenvalue weighted by atomic mass is 19.4. The molecule has 0 amide bonds. The first-order valence-corrected chi connectivity index (χ1v) is 8.45. The highest BCUT2D eigenvalue weighted by molar-refractivity contribution is 5.53. The maximum absolute atomic E-state index is 14.6. The standard InChI is InChI=1S/C18H18F4N4O3/c1-17(2,28)16(12-4-3-11(7-13(12)19)29-18(20,21)22)25-15-6-10(8-27)5-14-23-9-24-26(14)15/h3-7,9,16,25,27-28H,8H2,1-2H3/t16-/m0/s1. The quantitative estimate of drug-likeness (QED) is 0.537. The van der Waals surface area contributed by atoms with Crippen molar-refractivity contribution in [3.63, 3.8) is 0 Å². The maximum atomic E-state index is 14.6. The molecule has 0 saturated heterocycles. The van der Waals surface area contributed by atoms with Crippen molar-refractivity contribution in [1.29, 1.82) is 0 Å². The summed E-state index contributed by atoms with van der Waals surface area (Å²) in [6.45, 7) is 2.54. The Bertz CT molecular complexity index is 1010. The number of nitrogens with zero attached hydrogens (tertiary/aromatic N) is 3. The summed E-state index contributed by atoms with van der Waals surface area (Å²) >= 11 is 0. The summed E-state index contributed by atoms with van der Waals surface area (Å²) in [5.74, 6) is -1.42. The summed E-state index contributed by atoms with van der Waals surface area (Å²) in [5.41, 5.74) is -0.718. The SMILES string of the molecule is CC(C)(O)[C@@H](Nc1cc(CO)cc2ncnn12)c1ccc(OC(F)(F)F)cc1F. The summed E-state index contributed by atoms with van der Waals surface area (Å²) in [6.07, 6.45) is -3.67. The molecule has 156 valence electrons. The Kier molecular flexibility index (Phi) is 5.37. The van der Waals surface area contributed by atoms with E-state index in [0.717, 1.165) is 12.1 Å². The second kappa shape index (κ2) is 7.48. The fourth-order valence-corrected chi connectivity index (χ4v) is 2.89. The number of aromatic nitrogens is 3. The molecule has 0 bridgehead atoms. The minimum atomic E-state index is -4.95. The molecule has 1 aromatic carbocycles. The van der Waals surface area contributed by atoms with E-state index in [1.165, 1.54) is 24.7 Å². The van der Waals surface area contributed by atoms with E-state index in [2.05, 4.69) is 20.1 Å². The lowest BCUT2D eigenvalue weighted by molar-refractivity contribution is -0.274. The Morgan fingerprint density at radius 2 is 1.93 bits per heavy atom. The molecule has 0 saturated carbocycles. The molecule has 2 heterocycles. The highest BCUT2D eigenvalue weighted by Crippen LogP contribution is 2.34. The van der Waals surface area contributed by atoms with Crippen LogP contribution in [0.3, 0.4) is 0 Å². The Morgan fingerprint density at radius 3 is 2.52 bits per heavy atom. The molecule has 0 aliphatic carbocycles. The van der Waals surface area contributed by atoms with Crippen LogP contribution in [0, 0.1) is 5.82 Å². The van der Waals surface area contributed by atoms with E-state index in [4.69, 9.17) is 0 Å². The summed E-state index contributed by atoms with van der Waals surface area (Å²) in [7, 11) is 0. The lowest BCUT2D eigenvalue weighted by atomic mass is 9.91. The molecule has 2 aromatic heterocycles. The first-order valence-electron chi connectivity index (χ1n) is 8.45. The Labute approximate surface area is 162 Å². The van der Waals surface area contributed by atoms with Crippen LogP contribution in [0.5, 0.6) is 5.75 Å². The number of benzene rings is 1. The molecule has 3 N–H and O–H groups in total. The van der Waals surface area contributed by atoms with Crippen molar-refractivity contribution >= 4 is 11.5 Å². The molecule has 29 heavy (non-hydrogen) atoms. The van der Waals surface area contributed by atoms with Gasteiger partial charge in [0.25, 0.3) is 0 Å². The molecule has 0 fully saturated rings. The summed E-state index contributed by atoms with van der Waals surface area (Å²) in [4.78, 5) is 4.03. The molecule has 11 heteroatoms. The number of ether oxygens (including phenoxy) is 1. The van der Waals surface area contributed by atoms with Gasteiger partial charge in [0.05, 0.1) is 18.2 Å². The normalized spacial score (nSPS) is 13.5. The predicted molar refractivity (Wildman–Crippen MR) is 94.7 cm³/mol. The van der Waals surface area contributed by atoms with Crippen molar-refractivity contribution in [1.82, 2.24) is 14.6 Å². The number of pyridine rings is 1. The molecule has 1 atom stereocenters. The van der Waals surface area contributed by atoms with Crippen LogP contribution in [0.15, 0.2) is 36.7 Å². The molecule has 0 spiro atoms. The van der Waals surface area contributed by atoms with Crippen molar-refractivity contribution in [3.8, 4) is 5.75 Å². The number of fused-ring (bicyclic) bond motifs is 1. The van der Waals surface area contributed by atoms with Crippen molar-refractivity contribution < 1.29 is 32.5 Å². The third-order valence-corrected chi connectivity index (χ3v) is 4.14. The molecule has 0 unspecified atom stereocenters. The predicted octanol–water partition coefficient (Wildman–Crippen LogP) is 3.18. The zero-order chi connectivity index (χ0) is 21.4. The van der Waals surface area contributed by atoms with Crippen LogP contribution in [-0.2, 0) is 6.61 Å². The lowest BCUT2D eigenvalue weighted by Crippen LogP contribution is -2.35. The van der Waals surface area contributed by atoms with Crippen LogP contribution in [0.25, 0.3) is 5.65 Å². The summed E-state index contributed by atoms with van der Waals surface area (Å²) < 4.78 is 56.8. The number of nitrogens with one attached hydrogen (secondary N) is 1. The van der Waals surface area contributed by atoms with Crippen LogP contribution in [0.1, 0.15) is 31.0 Å². The average Bonchev–Trinajstić information content (AvgIpc) is 3.06. The average molecular weight is 414 g/mol. The van der Waals surface area contributed by atoms with Gasteiger partial charge in [0.15, 0.2) is 5.65 Å². The van der Waals surface area contributed by atoms with Gasteiger partial charge < -0.3 is 20.3 Å². The second-order valence-electron chi connectivity index (χ2n) is 6.90. The van der Waals surface area contributed by atoms with Gasteiger partial charge in [-0.05, 0) is 37.6 Å². The molecule has 3 aromatic rings. The van der Waals surface area contributed by atoms with Crippen LogP contribution < -0.4 is 10.1 Å². The van der Waals surface area contributed by atoms with E-state index < -0.39 is 29.6 Å². The molecule has 7 nitrogen and oxygen atoms in total. The van der Waals surface area contributed by atoms with E-state index >= 15 is 0 Å². The summed E-state index contributed by atoms with van der Waals surface area (Å²) in [6, 6.07) is 4.71. The molecule has 0 aliphatic rings. The summed E-state index contributed by atoms with van der Waals surface area (Å²) in [5, 5.41) is 27.0. The highest BCUT2D eigenvalue weighted by Gasteiger charge is 2.34. The Morgan fingerprint density at radius 1 is 1.21 bits per heavy atom. The minimum Gasteiger partial charge on any atom is -0.406 e. The minimum absolute atomic E-state index is 0.0882. The monoisotopic (exact) mass is 414 g/mol. The van der Waals surface area contributed by atoms with E-state index in [-0.39, 0.29) is 12.2 Å². The maximum Gasteiger partial charge on any atom is 0.573 e. The zero-order valence-electron chi connectivity index (χ0n) is 15.4. The zero-order valence-corrected chi connectivity index (χ0v) is 15.4. The fraction of sp³-hybridized carbons (Fsp3) is 0.333. The van der Waals surface area contributed by atoms with Crippen LogP contribution in [0.4, 0.5) is 23.4 Å². The Balaban J connectivity index is 2.02. The third-order valence-electron chi connectivity index (χ3n) is 4.14.